The Balaban J connectivity index is 3.15. The van der Waals surface area contributed by atoms with Crippen molar-refractivity contribution >= 4 is 21.5 Å². The van der Waals surface area contributed by atoms with Gasteiger partial charge in [0, 0.05) is 6.54 Å². The standard InChI is InChI=1S/C12H13F4NO4S/c1-7(11(18)21-2)6-17-9-4-3-8(13)5-10(9)22(19,20)12(14,15)16/h3-5,7,17H,6H2,1-2H3. The molecule has 1 rings (SSSR count). The molecular weight excluding hydrogens is 330 g/mol. The van der Waals surface area contributed by atoms with Crippen molar-refractivity contribution in [1.29, 1.82) is 0 Å². The normalized spacial score (nSPS) is 13.5. The molecular formula is C12H13F4NO4S. The molecule has 0 aromatic heterocycles. The molecule has 1 atom stereocenters. The number of hydrogen-bond donors (Lipinski definition) is 1. The zero-order valence-corrected chi connectivity index (χ0v) is 12.4. The fraction of sp³-hybridized carbons (Fsp3) is 0.417. The number of nitrogens with one attached hydrogen (secondary N) is 1. The zero-order valence-electron chi connectivity index (χ0n) is 11.6. The Kier molecular flexibility index (Phi) is 5.39. The number of alkyl halides is 3. The van der Waals surface area contributed by atoms with Crippen LogP contribution in [0.2, 0.25) is 0 Å². The molecule has 0 aliphatic heterocycles. The molecule has 0 saturated heterocycles. The quantitative estimate of drug-likeness (QED) is 0.656. The van der Waals surface area contributed by atoms with Crippen molar-refractivity contribution in [2.75, 3.05) is 19.0 Å². The van der Waals surface area contributed by atoms with Crippen LogP contribution >= 0.6 is 0 Å². The first-order chi connectivity index (χ1) is 10.0. The van der Waals surface area contributed by atoms with E-state index < -0.39 is 43.6 Å². The summed E-state index contributed by atoms with van der Waals surface area (Å²) in [5.74, 6) is -2.50. The van der Waals surface area contributed by atoms with Gasteiger partial charge in [-0.25, -0.2) is 12.8 Å². The maximum Gasteiger partial charge on any atom is 0.501 e. The summed E-state index contributed by atoms with van der Waals surface area (Å²) in [6.07, 6.45) is 0. The molecule has 5 nitrogen and oxygen atoms in total. The third kappa shape index (κ3) is 3.87. The Hall–Kier alpha value is -1.84. The third-order valence-electron chi connectivity index (χ3n) is 2.74. The number of benzene rings is 1. The molecule has 0 heterocycles. The number of carbonyl (C=O) groups is 1. The minimum absolute atomic E-state index is 0.182. The van der Waals surface area contributed by atoms with Gasteiger partial charge in [-0.1, -0.05) is 6.92 Å². The lowest BCUT2D eigenvalue weighted by molar-refractivity contribution is -0.144. The summed E-state index contributed by atoms with van der Waals surface area (Å²) in [7, 11) is -4.59. The Morgan fingerprint density at radius 1 is 1.36 bits per heavy atom. The zero-order chi connectivity index (χ0) is 17.1. The number of anilines is 1. The molecule has 10 heteroatoms. The first-order valence-corrected chi connectivity index (χ1v) is 7.41. The molecule has 22 heavy (non-hydrogen) atoms. The van der Waals surface area contributed by atoms with Crippen LogP contribution in [-0.2, 0) is 19.4 Å². The third-order valence-corrected chi connectivity index (χ3v) is 4.27. The maximum absolute atomic E-state index is 13.1. The van der Waals surface area contributed by atoms with Gasteiger partial charge in [0.2, 0.25) is 0 Å². The molecule has 1 unspecified atom stereocenters. The fourth-order valence-corrected chi connectivity index (χ4v) is 2.48. The highest BCUT2D eigenvalue weighted by Crippen LogP contribution is 2.34. The molecule has 0 fully saturated rings. The first-order valence-electron chi connectivity index (χ1n) is 5.93. The highest BCUT2D eigenvalue weighted by atomic mass is 32.2. The number of carbonyl (C=O) groups excluding carboxylic acids is 1. The van der Waals surface area contributed by atoms with E-state index in [1.54, 1.807) is 0 Å². The lowest BCUT2D eigenvalue weighted by atomic mass is 10.2. The van der Waals surface area contributed by atoms with Gasteiger partial charge in [0.25, 0.3) is 9.84 Å². The minimum Gasteiger partial charge on any atom is -0.469 e. The van der Waals surface area contributed by atoms with Crippen LogP contribution in [0.3, 0.4) is 0 Å². The average molecular weight is 343 g/mol. The van der Waals surface area contributed by atoms with E-state index in [0.29, 0.717) is 0 Å². The van der Waals surface area contributed by atoms with Crippen molar-refractivity contribution in [3.8, 4) is 0 Å². The summed E-state index contributed by atoms with van der Waals surface area (Å²) >= 11 is 0. The van der Waals surface area contributed by atoms with Gasteiger partial charge >= 0.3 is 11.5 Å². The van der Waals surface area contributed by atoms with E-state index in [1.165, 1.54) is 6.92 Å². The molecule has 0 radical (unpaired) electrons. The predicted octanol–water partition coefficient (Wildman–Crippen LogP) is 2.34. The van der Waals surface area contributed by atoms with Crippen molar-refractivity contribution in [3.63, 3.8) is 0 Å². The van der Waals surface area contributed by atoms with Crippen LogP contribution in [-0.4, -0.2) is 33.5 Å². The molecule has 0 saturated carbocycles. The minimum atomic E-state index is -5.72. The van der Waals surface area contributed by atoms with Crippen molar-refractivity contribution < 1.29 is 35.5 Å². The molecule has 1 N–H and O–H groups in total. The van der Waals surface area contributed by atoms with Crippen LogP contribution in [0.1, 0.15) is 6.92 Å². The molecule has 0 spiro atoms. The average Bonchev–Trinajstić information content (AvgIpc) is 2.43. The van der Waals surface area contributed by atoms with Crippen LogP contribution < -0.4 is 5.32 Å². The van der Waals surface area contributed by atoms with Crippen LogP contribution in [0.5, 0.6) is 0 Å². The Morgan fingerprint density at radius 3 is 2.45 bits per heavy atom. The van der Waals surface area contributed by atoms with E-state index in [2.05, 4.69) is 10.1 Å². The molecule has 0 aliphatic carbocycles. The number of methoxy groups -OCH3 is 1. The summed E-state index contributed by atoms with van der Waals surface area (Å²) in [5.41, 5.74) is -6.01. The summed E-state index contributed by atoms with van der Waals surface area (Å²) < 4.78 is 78.2. The van der Waals surface area contributed by atoms with Crippen LogP contribution in [0.25, 0.3) is 0 Å². The second-order valence-electron chi connectivity index (χ2n) is 4.39. The molecule has 1 aromatic carbocycles. The molecule has 124 valence electrons. The molecule has 0 aliphatic rings. The van der Waals surface area contributed by atoms with Crippen LogP contribution in [0.4, 0.5) is 23.2 Å². The van der Waals surface area contributed by atoms with E-state index in [-0.39, 0.29) is 12.6 Å². The summed E-state index contributed by atoms with van der Waals surface area (Å²) in [5, 5.41) is 2.39. The number of ether oxygens (including phenoxy) is 1. The van der Waals surface area contributed by atoms with Crippen LogP contribution in [0, 0.1) is 11.7 Å². The Labute approximate surface area is 124 Å². The summed E-state index contributed by atoms with van der Waals surface area (Å²) in [4.78, 5) is 9.97. The number of hydrogen-bond acceptors (Lipinski definition) is 5. The smallest absolute Gasteiger partial charge is 0.469 e. The largest absolute Gasteiger partial charge is 0.501 e. The first kappa shape index (κ1) is 18.2. The van der Waals surface area contributed by atoms with Crippen LogP contribution in [0.15, 0.2) is 23.1 Å². The second kappa shape index (κ2) is 6.51. The van der Waals surface area contributed by atoms with E-state index in [1.807, 2.05) is 0 Å². The van der Waals surface area contributed by atoms with Gasteiger partial charge in [0.15, 0.2) is 0 Å². The van der Waals surface area contributed by atoms with Crippen molar-refractivity contribution in [3.05, 3.63) is 24.0 Å². The second-order valence-corrected chi connectivity index (χ2v) is 6.30. The molecule has 1 aromatic rings. The van der Waals surface area contributed by atoms with Gasteiger partial charge in [-0.15, -0.1) is 0 Å². The van der Waals surface area contributed by atoms with Gasteiger partial charge in [-0.2, -0.15) is 13.2 Å². The van der Waals surface area contributed by atoms with Crippen molar-refractivity contribution in [2.45, 2.75) is 17.3 Å². The Bertz CT molecular complexity index is 658. The topological polar surface area (TPSA) is 72.5 Å². The van der Waals surface area contributed by atoms with E-state index in [4.69, 9.17) is 0 Å². The SMILES string of the molecule is COC(=O)C(C)CNc1ccc(F)cc1S(=O)(=O)C(F)(F)F. The van der Waals surface area contributed by atoms with Gasteiger partial charge in [0.05, 0.1) is 18.7 Å². The monoisotopic (exact) mass is 343 g/mol. The Morgan fingerprint density at radius 2 is 1.95 bits per heavy atom. The van der Waals surface area contributed by atoms with Gasteiger partial charge < -0.3 is 10.1 Å². The van der Waals surface area contributed by atoms with Crippen molar-refractivity contribution in [2.24, 2.45) is 5.92 Å². The highest BCUT2D eigenvalue weighted by molar-refractivity contribution is 7.92. The van der Waals surface area contributed by atoms with E-state index in [9.17, 15) is 30.8 Å². The number of rotatable bonds is 5. The summed E-state index contributed by atoms with van der Waals surface area (Å²) in [6, 6.07) is 1.94. The fourth-order valence-electron chi connectivity index (χ4n) is 1.54. The maximum atomic E-state index is 13.1. The number of esters is 1. The number of halogens is 4. The summed E-state index contributed by atoms with van der Waals surface area (Å²) in [6.45, 7) is 1.25. The lowest BCUT2D eigenvalue weighted by Gasteiger charge is -2.16. The number of sulfone groups is 1. The van der Waals surface area contributed by atoms with Gasteiger partial charge in [-0.05, 0) is 18.2 Å². The highest BCUT2D eigenvalue weighted by Gasteiger charge is 2.48. The van der Waals surface area contributed by atoms with Gasteiger partial charge in [-0.3, -0.25) is 4.79 Å². The van der Waals surface area contributed by atoms with E-state index >= 15 is 0 Å². The van der Waals surface area contributed by atoms with Crippen molar-refractivity contribution in [1.82, 2.24) is 0 Å². The predicted molar refractivity (Wildman–Crippen MR) is 69.3 cm³/mol. The van der Waals surface area contributed by atoms with E-state index in [0.717, 1.165) is 19.2 Å². The molecule has 0 bridgehead atoms. The molecule has 0 amide bonds. The van der Waals surface area contributed by atoms with Gasteiger partial charge in [0.1, 0.15) is 10.7 Å². The lowest BCUT2D eigenvalue weighted by Crippen LogP contribution is -2.26.